The highest BCUT2D eigenvalue weighted by molar-refractivity contribution is 5.61. The Morgan fingerprint density at radius 1 is 1.11 bits per heavy atom. The zero-order valence-electron chi connectivity index (χ0n) is 19.3. The summed E-state index contributed by atoms with van der Waals surface area (Å²) < 4.78 is 1.58. The van der Waals surface area contributed by atoms with E-state index in [4.69, 9.17) is 4.99 Å². The van der Waals surface area contributed by atoms with Crippen LogP contribution in [0.4, 0.5) is 17.3 Å². The van der Waals surface area contributed by atoms with Crippen LogP contribution < -0.4 is 26.7 Å². The summed E-state index contributed by atoms with van der Waals surface area (Å²) in [5, 5.41) is 18.2. The maximum absolute atomic E-state index is 11.5. The molecule has 0 radical (unpaired) electrons. The van der Waals surface area contributed by atoms with Crippen molar-refractivity contribution < 1.29 is 5.11 Å². The van der Waals surface area contributed by atoms with Gasteiger partial charge in [0.05, 0.1) is 12.2 Å². The number of hydrogen-bond donors (Lipinski definition) is 4. The van der Waals surface area contributed by atoms with Crippen LogP contribution in [0.1, 0.15) is 18.5 Å². The predicted octanol–water partition coefficient (Wildman–Crippen LogP) is -0.0475. The molecule has 1 aliphatic carbocycles. The average Bonchev–Trinajstić information content (AvgIpc) is 3.48. The first kappa shape index (κ1) is 21.4. The Kier molecular flexibility index (Phi) is 5.21. The van der Waals surface area contributed by atoms with Crippen molar-refractivity contribution >= 4 is 29.0 Å². The fourth-order valence-corrected chi connectivity index (χ4v) is 4.09. The molecule has 0 bridgehead atoms. The molecule has 4 heterocycles. The molecule has 2 aliphatic rings. The Hall–Kier alpha value is -4.19. The van der Waals surface area contributed by atoms with Crippen molar-refractivity contribution in [3.8, 4) is 5.88 Å². The van der Waals surface area contributed by atoms with Crippen molar-refractivity contribution in [2.75, 3.05) is 43.4 Å². The standard InChI is InChI=1S/C23H26N10O2/c1-31-8-10-32(11-9-31)17-6-4-15(5-7-17)25-21-28-19-14(12-18-20(34)29-23(35)27-18)13-24-33(19)22(30-21)26-16-2-3-16/h4-7,12-13,16,34H,2-3,8-11H2,1H3,(H,25,26,30)(H2,27,29,35). The normalized spacial score (nSPS) is 18.0. The van der Waals surface area contributed by atoms with E-state index in [0.29, 0.717) is 22.4 Å². The number of H-pyrrole nitrogens is 2. The van der Waals surface area contributed by atoms with Crippen LogP contribution in [0.15, 0.2) is 40.2 Å². The number of hydrogen-bond acceptors (Lipinski definition) is 9. The molecule has 0 unspecified atom stereocenters. The van der Waals surface area contributed by atoms with Gasteiger partial charge in [0.15, 0.2) is 5.65 Å². The van der Waals surface area contributed by atoms with Gasteiger partial charge >= 0.3 is 5.69 Å². The van der Waals surface area contributed by atoms with Crippen LogP contribution in [0.2, 0.25) is 0 Å². The van der Waals surface area contributed by atoms with Crippen molar-refractivity contribution in [3.63, 3.8) is 0 Å². The molecule has 1 saturated heterocycles. The first-order valence-electron chi connectivity index (χ1n) is 11.6. The summed E-state index contributed by atoms with van der Waals surface area (Å²) in [4.78, 5) is 35.0. The number of imidazole rings is 1. The van der Waals surface area contributed by atoms with Crippen LogP contribution in [-0.4, -0.2) is 78.8 Å². The molecule has 1 aliphatic heterocycles. The fraction of sp³-hybridized carbons (Fsp3) is 0.348. The number of anilines is 3. The van der Waals surface area contributed by atoms with E-state index in [0.717, 1.165) is 44.7 Å². The lowest BCUT2D eigenvalue weighted by molar-refractivity contribution is 0.313. The van der Waals surface area contributed by atoms with Gasteiger partial charge in [0, 0.05) is 42.8 Å². The van der Waals surface area contributed by atoms with Crippen LogP contribution in [0.5, 0.6) is 5.88 Å². The molecular formula is C23H26N10O2. The smallest absolute Gasteiger partial charge is 0.326 e. The number of aromatic hydroxyl groups is 1. The third-order valence-corrected chi connectivity index (χ3v) is 6.25. The van der Waals surface area contributed by atoms with E-state index >= 15 is 0 Å². The van der Waals surface area contributed by atoms with Gasteiger partial charge < -0.3 is 25.2 Å². The summed E-state index contributed by atoms with van der Waals surface area (Å²) >= 11 is 0. The van der Waals surface area contributed by atoms with Crippen molar-refractivity contribution in [2.24, 2.45) is 4.99 Å². The second kappa shape index (κ2) is 8.55. The molecule has 12 heteroatoms. The number of aromatic nitrogens is 6. The van der Waals surface area contributed by atoms with E-state index in [2.05, 4.69) is 59.3 Å². The predicted molar refractivity (Wildman–Crippen MR) is 131 cm³/mol. The summed E-state index contributed by atoms with van der Waals surface area (Å²) in [6.45, 7) is 4.13. The maximum Gasteiger partial charge on any atom is 0.326 e. The Morgan fingerprint density at radius 3 is 2.57 bits per heavy atom. The third kappa shape index (κ3) is 4.47. The first-order valence-corrected chi connectivity index (χ1v) is 11.6. The summed E-state index contributed by atoms with van der Waals surface area (Å²) in [6.07, 6.45) is 5.27. The monoisotopic (exact) mass is 474 g/mol. The number of nitrogens with zero attached hydrogens (tertiary/aromatic N) is 7. The van der Waals surface area contributed by atoms with Crippen molar-refractivity contribution in [2.45, 2.75) is 18.9 Å². The third-order valence-electron chi connectivity index (χ3n) is 6.25. The molecule has 3 aromatic heterocycles. The number of nitrogens with one attached hydrogen (secondary N) is 3. The highest BCUT2D eigenvalue weighted by atomic mass is 16.3. The molecule has 180 valence electrons. The lowest BCUT2D eigenvalue weighted by Crippen LogP contribution is -2.44. The Balaban J connectivity index is 1.35. The van der Waals surface area contributed by atoms with Gasteiger partial charge in [0.1, 0.15) is 5.69 Å². The number of rotatable bonds is 5. The van der Waals surface area contributed by atoms with Gasteiger partial charge in [-0.1, -0.05) is 0 Å². The largest absolute Gasteiger partial charge is 0.493 e. The van der Waals surface area contributed by atoms with Gasteiger partial charge in [-0.05, 0) is 50.2 Å². The first-order chi connectivity index (χ1) is 17.0. The van der Waals surface area contributed by atoms with Crippen LogP contribution in [0.25, 0.3) is 11.7 Å². The number of benzene rings is 1. The molecule has 4 N–H and O–H groups in total. The summed E-state index contributed by atoms with van der Waals surface area (Å²) in [6, 6.07) is 8.48. The summed E-state index contributed by atoms with van der Waals surface area (Å²) in [5.74, 6) is 0.149. The minimum absolute atomic E-state index is 0.241. The summed E-state index contributed by atoms with van der Waals surface area (Å²) in [5.41, 5.74) is 2.78. The van der Waals surface area contributed by atoms with Crippen molar-refractivity contribution in [3.05, 3.63) is 57.5 Å². The lowest BCUT2D eigenvalue weighted by atomic mass is 10.2. The second-order valence-corrected chi connectivity index (χ2v) is 8.99. The summed E-state index contributed by atoms with van der Waals surface area (Å²) in [7, 11) is 2.15. The minimum atomic E-state index is -0.494. The minimum Gasteiger partial charge on any atom is -0.493 e. The molecule has 4 aromatic rings. The van der Waals surface area contributed by atoms with Gasteiger partial charge in [-0.2, -0.15) is 19.6 Å². The maximum atomic E-state index is 11.5. The van der Waals surface area contributed by atoms with E-state index in [1.54, 1.807) is 16.8 Å². The highest BCUT2D eigenvalue weighted by Gasteiger charge is 2.21. The van der Waals surface area contributed by atoms with Crippen LogP contribution in [0, 0.1) is 0 Å². The molecule has 2 fully saturated rings. The quantitative estimate of drug-likeness (QED) is 0.315. The molecule has 6 rings (SSSR count). The highest BCUT2D eigenvalue weighted by Crippen LogP contribution is 2.23. The van der Waals surface area contributed by atoms with E-state index in [1.807, 2.05) is 12.1 Å². The van der Waals surface area contributed by atoms with Gasteiger partial charge in [-0.25, -0.2) is 9.79 Å². The SMILES string of the molecule is CN1CCN(c2ccc(Nc3nc(=NC4CC4)n4ncc(=Cc5[nH]c(=O)[nH]c5O)c4n3)cc2)CC1. The Morgan fingerprint density at radius 2 is 1.89 bits per heavy atom. The van der Waals surface area contributed by atoms with Gasteiger partial charge in [-0.15, -0.1) is 0 Å². The second-order valence-electron chi connectivity index (χ2n) is 8.99. The Bertz CT molecular complexity index is 1540. The lowest BCUT2D eigenvalue weighted by Gasteiger charge is -2.34. The Labute approximate surface area is 199 Å². The van der Waals surface area contributed by atoms with E-state index in [1.165, 1.54) is 5.69 Å². The van der Waals surface area contributed by atoms with Crippen molar-refractivity contribution in [1.82, 2.24) is 34.4 Å². The molecule has 12 nitrogen and oxygen atoms in total. The zero-order chi connectivity index (χ0) is 23.9. The van der Waals surface area contributed by atoms with Crippen LogP contribution >= 0.6 is 0 Å². The van der Waals surface area contributed by atoms with Gasteiger partial charge in [0.2, 0.25) is 11.8 Å². The number of fused-ring (bicyclic) bond motifs is 1. The molecule has 0 amide bonds. The topological polar surface area (TPSA) is 143 Å². The van der Waals surface area contributed by atoms with E-state index in [-0.39, 0.29) is 17.6 Å². The van der Waals surface area contributed by atoms with E-state index in [9.17, 15) is 9.90 Å². The zero-order valence-corrected chi connectivity index (χ0v) is 19.3. The van der Waals surface area contributed by atoms with Crippen LogP contribution in [0.3, 0.4) is 0 Å². The average molecular weight is 475 g/mol. The molecule has 0 spiro atoms. The number of aromatic amines is 2. The van der Waals surface area contributed by atoms with Crippen molar-refractivity contribution in [1.29, 1.82) is 0 Å². The van der Waals surface area contributed by atoms with Gasteiger partial charge in [-0.3, -0.25) is 4.98 Å². The number of likely N-dealkylation sites (N-methyl/N-ethyl adjacent to an activating group) is 1. The number of piperazine rings is 1. The molecule has 0 atom stereocenters. The van der Waals surface area contributed by atoms with Gasteiger partial charge in [0.25, 0.3) is 5.62 Å². The van der Waals surface area contributed by atoms with Crippen LogP contribution in [-0.2, 0) is 0 Å². The fourth-order valence-electron chi connectivity index (χ4n) is 4.09. The molecule has 35 heavy (non-hydrogen) atoms. The molecular weight excluding hydrogens is 448 g/mol. The molecule has 1 aromatic carbocycles. The van der Waals surface area contributed by atoms with E-state index < -0.39 is 5.69 Å². The molecule has 1 saturated carbocycles.